The average molecular weight is 412 g/mol. The lowest BCUT2D eigenvalue weighted by molar-refractivity contribution is -0.137. The molecule has 2 aliphatic carbocycles. The first kappa shape index (κ1) is 20.9. The first-order chi connectivity index (χ1) is 14.5. The Morgan fingerprint density at radius 3 is 2.27 bits per heavy atom. The van der Waals surface area contributed by atoms with Crippen LogP contribution in [-0.4, -0.2) is 47.8 Å². The van der Waals surface area contributed by atoms with Gasteiger partial charge in [-0.05, 0) is 57.1 Å². The molecule has 1 aromatic rings. The van der Waals surface area contributed by atoms with Gasteiger partial charge >= 0.3 is 0 Å². The molecule has 3 aliphatic rings. The summed E-state index contributed by atoms with van der Waals surface area (Å²) in [5, 5.41) is 6.39. The molecule has 1 heterocycles. The topological polar surface area (TPSA) is 78.5 Å². The zero-order chi connectivity index (χ0) is 21.1. The molecular formula is C24H33N3O3. The van der Waals surface area contributed by atoms with Crippen LogP contribution in [0, 0.1) is 18.8 Å². The summed E-state index contributed by atoms with van der Waals surface area (Å²) >= 11 is 0. The quantitative estimate of drug-likeness (QED) is 0.782. The summed E-state index contributed by atoms with van der Waals surface area (Å²) < 4.78 is 0. The number of carbonyl (C=O) groups is 3. The van der Waals surface area contributed by atoms with E-state index < -0.39 is 0 Å². The fraction of sp³-hybridized carbons (Fsp3) is 0.625. The predicted molar refractivity (Wildman–Crippen MR) is 115 cm³/mol. The van der Waals surface area contributed by atoms with Gasteiger partial charge in [-0.15, -0.1) is 0 Å². The molecule has 2 saturated carbocycles. The Labute approximate surface area is 178 Å². The molecule has 4 rings (SSSR count). The number of carbonyl (C=O) groups excluding carboxylic acids is 3. The average Bonchev–Trinajstić information content (AvgIpc) is 3.60. The second-order valence-corrected chi connectivity index (χ2v) is 9.19. The Balaban J connectivity index is 1.35. The van der Waals surface area contributed by atoms with Crippen molar-refractivity contribution in [2.75, 3.05) is 13.1 Å². The van der Waals surface area contributed by atoms with Crippen LogP contribution in [0.2, 0.25) is 0 Å². The summed E-state index contributed by atoms with van der Waals surface area (Å²) in [6.07, 6.45) is 7.56. The minimum Gasteiger partial charge on any atom is -0.351 e. The number of rotatable bonds is 5. The Morgan fingerprint density at radius 2 is 1.57 bits per heavy atom. The van der Waals surface area contributed by atoms with Gasteiger partial charge < -0.3 is 15.5 Å². The summed E-state index contributed by atoms with van der Waals surface area (Å²) in [6, 6.07) is 7.48. The van der Waals surface area contributed by atoms with E-state index in [-0.39, 0.29) is 41.6 Å². The lowest BCUT2D eigenvalue weighted by atomic mass is 9.88. The van der Waals surface area contributed by atoms with Crippen molar-refractivity contribution in [1.82, 2.24) is 15.5 Å². The van der Waals surface area contributed by atoms with Gasteiger partial charge in [-0.2, -0.15) is 0 Å². The fourth-order valence-electron chi connectivity index (χ4n) is 4.83. The first-order valence-corrected chi connectivity index (χ1v) is 11.5. The number of benzene rings is 1. The van der Waals surface area contributed by atoms with Crippen LogP contribution in [0.5, 0.6) is 0 Å². The van der Waals surface area contributed by atoms with Gasteiger partial charge in [0.1, 0.15) is 0 Å². The zero-order valence-electron chi connectivity index (χ0n) is 17.9. The van der Waals surface area contributed by atoms with Gasteiger partial charge in [-0.25, -0.2) is 0 Å². The second kappa shape index (κ2) is 9.19. The van der Waals surface area contributed by atoms with Crippen LogP contribution >= 0.6 is 0 Å². The number of hydrogen-bond donors (Lipinski definition) is 2. The summed E-state index contributed by atoms with van der Waals surface area (Å²) in [4.78, 5) is 40.1. The zero-order valence-corrected chi connectivity index (χ0v) is 17.9. The first-order valence-electron chi connectivity index (χ1n) is 11.5. The largest absolute Gasteiger partial charge is 0.351 e. The van der Waals surface area contributed by atoms with E-state index in [1.165, 1.54) is 0 Å². The van der Waals surface area contributed by atoms with Crippen molar-refractivity contribution in [3.05, 3.63) is 35.4 Å². The van der Waals surface area contributed by atoms with Crippen molar-refractivity contribution < 1.29 is 14.4 Å². The molecule has 30 heavy (non-hydrogen) atoms. The summed E-state index contributed by atoms with van der Waals surface area (Å²) in [5.74, 6) is 0.249. The molecule has 1 aliphatic heterocycles. The van der Waals surface area contributed by atoms with Crippen LogP contribution in [0.3, 0.4) is 0 Å². The normalized spacial score (nSPS) is 26.7. The third kappa shape index (κ3) is 4.85. The van der Waals surface area contributed by atoms with Crippen molar-refractivity contribution in [2.45, 2.75) is 70.4 Å². The number of hydrogen-bond acceptors (Lipinski definition) is 3. The van der Waals surface area contributed by atoms with Gasteiger partial charge in [0.2, 0.25) is 11.8 Å². The third-order valence-corrected chi connectivity index (χ3v) is 6.83. The SMILES string of the molecule is Cc1ccccc1C(=O)N[C@@H]1CCCC[C@H]1NC(=O)[C@@H]1CCCN(C(=O)C2CC2)C1. The summed E-state index contributed by atoms with van der Waals surface area (Å²) in [7, 11) is 0. The number of aryl methyl sites for hydroxylation is 1. The van der Waals surface area contributed by atoms with Gasteiger partial charge in [-0.1, -0.05) is 31.0 Å². The lowest BCUT2D eigenvalue weighted by Gasteiger charge is -2.36. The molecule has 1 saturated heterocycles. The van der Waals surface area contributed by atoms with E-state index in [2.05, 4.69) is 10.6 Å². The summed E-state index contributed by atoms with van der Waals surface area (Å²) in [6.45, 7) is 3.25. The fourth-order valence-corrected chi connectivity index (χ4v) is 4.83. The maximum absolute atomic E-state index is 13.0. The van der Waals surface area contributed by atoms with Crippen molar-refractivity contribution in [3.63, 3.8) is 0 Å². The maximum atomic E-state index is 13.0. The third-order valence-electron chi connectivity index (χ3n) is 6.83. The number of nitrogens with zero attached hydrogens (tertiary/aromatic N) is 1. The predicted octanol–water partition coefficient (Wildman–Crippen LogP) is 2.80. The van der Waals surface area contributed by atoms with Crippen LogP contribution in [0.4, 0.5) is 0 Å². The lowest BCUT2D eigenvalue weighted by Crippen LogP contribution is -2.55. The molecule has 1 aromatic carbocycles. The highest BCUT2D eigenvalue weighted by molar-refractivity contribution is 5.95. The van der Waals surface area contributed by atoms with E-state index in [0.29, 0.717) is 12.1 Å². The molecule has 0 bridgehead atoms. The summed E-state index contributed by atoms with van der Waals surface area (Å²) in [5.41, 5.74) is 1.64. The van der Waals surface area contributed by atoms with Gasteiger partial charge in [0, 0.05) is 36.7 Å². The number of piperidine rings is 1. The van der Waals surface area contributed by atoms with Crippen molar-refractivity contribution in [1.29, 1.82) is 0 Å². The van der Waals surface area contributed by atoms with Gasteiger partial charge in [0.15, 0.2) is 0 Å². The molecule has 0 radical (unpaired) electrons. The molecule has 6 nitrogen and oxygen atoms in total. The molecule has 0 spiro atoms. The van der Waals surface area contributed by atoms with E-state index in [9.17, 15) is 14.4 Å². The second-order valence-electron chi connectivity index (χ2n) is 9.19. The van der Waals surface area contributed by atoms with Crippen molar-refractivity contribution in [3.8, 4) is 0 Å². The molecule has 3 fully saturated rings. The Bertz CT molecular complexity index is 805. The van der Waals surface area contributed by atoms with Gasteiger partial charge in [-0.3, -0.25) is 14.4 Å². The van der Waals surface area contributed by atoms with Crippen LogP contribution in [0.15, 0.2) is 24.3 Å². The van der Waals surface area contributed by atoms with Crippen molar-refractivity contribution in [2.24, 2.45) is 11.8 Å². The highest BCUT2D eigenvalue weighted by Crippen LogP contribution is 2.32. The van der Waals surface area contributed by atoms with E-state index in [0.717, 1.165) is 63.5 Å². The molecule has 6 heteroatoms. The molecule has 3 amide bonds. The monoisotopic (exact) mass is 411 g/mol. The van der Waals surface area contributed by atoms with Gasteiger partial charge in [0.25, 0.3) is 5.91 Å². The standard InChI is InChI=1S/C24H33N3O3/c1-16-7-2-3-9-19(16)23(29)26-21-11-5-4-10-20(21)25-22(28)18-8-6-14-27(15-18)24(30)17-12-13-17/h2-3,7,9,17-18,20-21H,4-6,8,10-15H2,1H3,(H,25,28)(H,26,29)/t18-,20-,21-/m1/s1. The van der Waals surface area contributed by atoms with Crippen LogP contribution in [-0.2, 0) is 9.59 Å². The van der Waals surface area contributed by atoms with Crippen molar-refractivity contribution >= 4 is 17.7 Å². The molecule has 0 aromatic heterocycles. The smallest absolute Gasteiger partial charge is 0.251 e. The number of likely N-dealkylation sites (tertiary alicyclic amines) is 1. The van der Waals surface area contributed by atoms with E-state index in [1.54, 1.807) is 0 Å². The van der Waals surface area contributed by atoms with Crippen LogP contribution < -0.4 is 10.6 Å². The molecular weight excluding hydrogens is 378 g/mol. The van der Waals surface area contributed by atoms with Gasteiger partial charge in [0.05, 0.1) is 5.92 Å². The van der Waals surface area contributed by atoms with E-state index in [4.69, 9.17) is 0 Å². The molecule has 162 valence electrons. The highest BCUT2D eigenvalue weighted by Gasteiger charge is 2.37. The molecule has 2 N–H and O–H groups in total. The highest BCUT2D eigenvalue weighted by atomic mass is 16.2. The molecule has 0 unspecified atom stereocenters. The number of amides is 3. The minimum atomic E-state index is -0.143. The Morgan fingerprint density at radius 1 is 0.867 bits per heavy atom. The minimum absolute atomic E-state index is 0.0327. The molecule has 3 atom stereocenters. The van der Waals surface area contributed by atoms with E-state index >= 15 is 0 Å². The Kier molecular flexibility index (Phi) is 6.40. The van der Waals surface area contributed by atoms with E-state index in [1.807, 2.05) is 36.1 Å². The number of nitrogens with one attached hydrogen (secondary N) is 2. The van der Waals surface area contributed by atoms with Crippen LogP contribution in [0.25, 0.3) is 0 Å². The van der Waals surface area contributed by atoms with Crippen LogP contribution in [0.1, 0.15) is 67.3 Å². The Hall–Kier alpha value is -2.37. The maximum Gasteiger partial charge on any atom is 0.251 e.